The third-order valence-corrected chi connectivity index (χ3v) is 6.33. The Bertz CT molecular complexity index is 837. The molecule has 2 aromatic carbocycles. The highest BCUT2D eigenvalue weighted by molar-refractivity contribution is 5.79. The van der Waals surface area contributed by atoms with Gasteiger partial charge in [-0.25, -0.2) is 0 Å². The maximum Gasteiger partial charge on any atom is 0.223 e. The first-order valence-corrected chi connectivity index (χ1v) is 10.5. The van der Waals surface area contributed by atoms with Crippen LogP contribution in [0.5, 0.6) is 5.75 Å². The molecule has 4 nitrogen and oxygen atoms in total. The molecule has 1 amide bonds. The van der Waals surface area contributed by atoms with E-state index in [0.29, 0.717) is 5.91 Å². The Labute approximate surface area is 173 Å². The van der Waals surface area contributed by atoms with Gasteiger partial charge in [0.15, 0.2) is 0 Å². The molecule has 2 aliphatic heterocycles. The molecule has 2 aromatic rings. The van der Waals surface area contributed by atoms with Gasteiger partial charge >= 0.3 is 0 Å². The van der Waals surface area contributed by atoms with E-state index in [9.17, 15) is 4.79 Å². The lowest BCUT2D eigenvalue weighted by atomic mass is 9.77. The van der Waals surface area contributed by atoms with E-state index < -0.39 is 0 Å². The van der Waals surface area contributed by atoms with Crippen LogP contribution in [0, 0.1) is 5.41 Å². The number of carbonyl (C=O) groups excluding carboxylic acids is 1. The number of likely N-dealkylation sites (tertiary alicyclic amines) is 2. The summed E-state index contributed by atoms with van der Waals surface area (Å²) in [6.45, 7) is 4.76. The summed E-state index contributed by atoms with van der Waals surface area (Å²) in [7, 11) is 1.69. The van der Waals surface area contributed by atoms with E-state index in [0.717, 1.165) is 57.7 Å². The van der Waals surface area contributed by atoms with Crippen molar-refractivity contribution in [1.82, 2.24) is 9.80 Å². The summed E-state index contributed by atoms with van der Waals surface area (Å²) < 4.78 is 5.20. The predicted molar refractivity (Wildman–Crippen MR) is 117 cm³/mol. The number of amides is 1. The molecule has 0 bridgehead atoms. The largest absolute Gasteiger partial charge is 0.497 e. The first-order valence-electron chi connectivity index (χ1n) is 10.5. The summed E-state index contributed by atoms with van der Waals surface area (Å²) in [5.41, 5.74) is 2.60. The number of hydrogen-bond acceptors (Lipinski definition) is 3. The molecule has 1 spiro atoms. The van der Waals surface area contributed by atoms with E-state index in [4.69, 9.17) is 4.74 Å². The van der Waals surface area contributed by atoms with Crippen molar-refractivity contribution in [3.8, 4) is 5.75 Å². The zero-order valence-electron chi connectivity index (χ0n) is 17.2. The van der Waals surface area contributed by atoms with Crippen LogP contribution in [0.2, 0.25) is 0 Å². The van der Waals surface area contributed by atoms with Gasteiger partial charge in [-0.15, -0.1) is 0 Å². The van der Waals surface area contributed by atoms with E-state index in [1.165, 1.54) is 11.1 Å². The summed E-state index contributed by atoms with van der Waals surface area (Å²) in [6, 6.07) is 18.5. The standard InChI is InChI=1S/C25H30N2O2/c1-29-23-11-9-21(10-12-23)8-5-15-26-16-13-25(14-17-26)18-24(28)27(20-25)19-22-6-3-2-4-7-22/h2-12H,13-20H2,1H3/b8-5+. The van der Waals surface area contributed by atoms with Crippen molar-refractivity contribution in [1.29, 1.82) is 0 Å². The van der Waals surface area contributed by atoms with E-state index >= 15 is 0 Å². The SMILES string of the molecule is COc1ccc(/C=C/CN2CCC3(CC2)CC(=O)N(Cc2ccccc2)C3)cc1. The van der Waals surface area contributed by atoms with Crippen molar-refractivity contribution in [3.63, 3.8) is 0 Å². The molecule has 0 N–H and O–H groups in total. The van der Waals surface area contributed by atoms with Gasteiger partial charge in [-0.2, -0.15) is 0 Å². The van der Waals surface area contributed by atoms with E-state index in [1.807, 2.05) is 30.3 Å². The second-order valence-electron chi connectivity index (χ2n) is 8.39. The first-order chi connectivity index (χ1) is 14.2. The maximum absolute atomic E-state index is 12.6. The minimum atomic E-state index is 0.183. The molecule has 2 saturated heterocycles. The first kappa shape index (κ1) is 19.7. The lowest BCUT2D eigenvalue weighted by Gasteiger charge is -2.38. The Morgan fingerprint density at radius 2 is 1.76 bits per heavy atom. The van der Waals surface area contributed by atoms with E-state index in [1.54, 1.807) is 7.11 Å². The van der Waals surface area contributed by atoms with Crippen molar-refractivity contribution in [2.45, 2.75) is 25.8 Å². The number of benzene rings is 2. The van der Waals surface area contributed by atoms with E-state index in [-0.39, 0.29) is 5.41 Å². The van der Waals surface area contributed by atoms with Gasteiger partial charge in [0, 0.05) is 26.1 Å². The maximum atomic E-state index is 12.6. The second kappa shape index (κ2) is 8.83. The summed E-state index contributed by atoms with van der Waals surface area (Å²) in [4.78, 5) is 17.2. The van der Waals surface area contributed by atoms with Crippen molar-refractivity contribution < 1.29 is 9.53 Å². The van der Waals surface area contributed by atoms with Crippen LogP contribution in [-0.4, -0.2) is 49.0 Å². The fraction of sp³-hybridized carbons (Fsp3) is 0.400. The Morgan fingerprint density at radius 3 is 2.45 bits per heavy atom. The van der Waals surface area contributed by atoms with Gasteiger partial charge in [0.1, 0.15) is 5.75 Å². The highest BCUT2D eigenvalue weighted by Gasteiger charge is 2.44. The number of hydrogen-bond donors (Lipinski definition) is 0. The minimum absolute atomic E-state index is 0.183. The summed E-state index contributed by atoms with van der Waals surface area (Å²) in [5.74, 6) is 1.21. The molecule has 152 valence electrons. The molecular formula is C25H30N2O2. The van der Waals surface area contributed by atoms with Crippen molar-refractivity contribution in [2.75, 3.05) is 33.3 Å². The molecule has 2 heterocycles. The second-order valence-corrected chi connectivity index (χ2v) is 8.39. The van der Waals surface area contributed by atoms with Crippen LogP contribution in [-0.2, 0) is 11.3 Å². The topological polar surface area (TPSA) is 32.8 Å². The summed E-state index contributed by atoms with van der Waals surface area (Å²) >= 11 is 0. The number of ether oxygens (including phenoxy) is 1. The molecule has 29 heavy (non-hydrogen) atoms. The molecule has 0 radical (unpaired) electrons. The zero-order valence-corrected chi connectivity index (χ0v) is 17.2. The molecule has 4 rings (SSSR count). The molecule has 0 aliphatic carbocycles. The van der Waals surface area contributed by atoms with Crippen LogP contribution in [0.1, 0.15) is 30.4 Å². The predicted octanol–water partition coefficient (Wildman–Crippen LogP) is 4.22. The van der Waals surface area contributed by atoms with Crippen LogP contribution in [0.25, 0.3) is 6.08 Å². The monoisotopic (exact) mass is 390 g/mol. The van der Waals surface area contributed by atoms with Crippen LogP contribution in [0.4, 0.5) is 0 Å². The Balaban J connectivity index is 1.26. The molecule has 0 unspecified atom stereocenters. The smallest absolute Gasteiger partial charge is 0.223 e. The van der Waals surface area contributed by atoms with Gasteiger partial charge < -0.3 is 9.64 Å². The lowest BCUT2D eigenvalue weighted by Crippen LogP contribution is -2.41. The third kappa shape index (κ3) is 4.88. The zero-order chi connectivity index (χ0) is 20.1. The van der Waals surface area contributed by atoms with Crippen molar-refractivity contribution >= 4 is 12.0 Å². The average molecular weight is 391 g/mol. The Hall–Kier alpha value is -2.59. The van der Waals surface area contributed by atoms with Crippen LogP contribution in [0.15, 0.2) is 60.7 Å². The highest BCUT2D eigenvalue weighted by atomic mass is 16.5. The van der Waals surface area contributed by atoms with E-state index in [2.05, 4.69) is 46.2 Å². The van der Waals surface area contributed by atoms with Gasteiger partial charge in [-0.3, -0.25) is 9.69 Å². The third-order valence-electron chi connectivity index (χ3n) is 6.33. The number of rotatable bonds is 6. The quantitative estimate of drug-likeness (QED) is 0.740. The van der Waals surface area contributed by atoms with Crippen molar-refractivity contribution in [2.24, 2.45) is 5.41 Å². The van der Waals surface area contributed by atoms with Gasteiger partial charge in [0.05, 0.1) is 7.11 Å². The van der Waals surface area contributed by atoms with Crippen LogP contribution in [0.3, 0.4) is 0 Å². The molecule has 0 aromatic heterocycles. The molecule has 2 aliphatic rings. The van der Waals surface area contributed by atoms with Crippen LogP contribution < -0.4 is 4.74 Å². The normalized spacial score (nSPS) is 19.3. The number of carbonyl (C=O) groups is 1. The molecule has 0 atom stereocenters. The number of methoxy groups -OCH3 is 1. The molecule has 2 fully saturated rings. The Kier molecular flexibility index (Phi) is 6.00. The minimum Gasteiger partial charge on any atom is -0.497 e. The fourth-order valence-corrected chi connectivity index (χ4v) is 4.53. The molecule has 0 saturated carbocycles. The highest BCUT2D eigenvalue weighted by Crippen LogP contribution is 2.41. The average Bonchev–Trinajstić information content (AvgIpc) is 3.05. The molecule has 4 heteroatoms. The van der Waals surface area contributed by atoms with Crippen molar-refractivity contribution in [3.05, 3.63) is 71.8 Å². The fourth-order valence-electron chi connectivity index (χ4n) is 4.53. The summed E-state index contributed by atoms with van der Waals surface area (Å²) in [5, 5.41) is 0. The van der Waals surface area contributed by atoms with Gasteiger partial charge in [-0.1, -0.05) is 54.6 Å². The van der Waals surface area contributed by atoms with Gasteiger partial charge in [-0.05, 0) is 54.6 Å². The number of piperidine rings is 1. The lowest BCUT2D eigenvalue weighted by molar-refractivity contribution is -0.128. The van der Waals surface area contributed by atoms with Gasteiger partial charge in [0.25, 0.3) is 0 Å². The van der Waals surface area contributed by atoms with Gasteiger partial charge in [0.2, 0.25) is 5.91 Å². The molecular weight excluding hydrogens is 360 g/mol. The Morgan fingerprint density at radius 1 is 1.03 bits per heavy atom. The van der Waals surface area contributed by atoms with Crippen LogP contribution >= 0.6 is 0 Å². The summed E-state index contributed by atoms with van der Waals surface area (Å²) in [6.07, 6.45) is 7.35. The number of nitrogens with zero attached hydrogens (tertiary/aromatic N) is 2.